The minimum absolute atomic E-state index is 0.848. The maximum Gasteiger partial charge on any atom is 0.173 e. The molecule has 6 heteroatoms. The van der Waals surface area contributed by atoms with Gasteiger partial charge in [-0.15, -0.1) is 0 Å². The predicted molar refractivity (Wildman–Crippen MR) is 104 cm³/mol. The Morgan fingerprint density at radius 3 is 2.73 bits per heavy atom. The highest BCUT2D eigenvalue weighted by Crippen LogP contribution is 2.20. The third-order valence-corrected chi connectivity index (χ3v) is 5.07. The fourth-order valence-corrected chi connectivity index (χ4v) is 3.56. The van der Waals surface area contributed by atoms with Crippen molar-refractivity contribution < 1.29 is 0 Å². The van der Waals surface area contributed by atoms with Crippen molar-refractivity contribution in [2.24, 2.45) is 4.99 Å². The van der Waals surface area contributed by atoms with E-state index in [1.54, 1.807) is 0 Å². The van der Waals surface area contributed by atoms with Gasteiger partial charge in [-0.3, -0.25) is 9.89 Å². The molecular formula is C20H26N6. The molecule has 0 amide bonds. The lowest BCUT2D eigenvalue weighted by molar-refractivity contribution is 0.242. The van der Waals surface area contributed by atoms with E-state index in [0.717, 1.165) is 56.4 Å². The monoisotopic (exact) mass is 350 g/mol. The maximum atomic E-state index is 4.82. The van der Waals surface area contributed by atoms with Crippen LogP contribution in [-0.2, 0) is 19.5 Å². The van der Waals surface area contributed by atoms with Crippen molar-refractivity contribution in [2.75, 3.05) is 32.1 Å². The standard InChI is InChI=1S/C20H26N6/c1-25(2)19-7-6-15(11-22-19)13-26-10-8-17-16(14-26)12-23-20(24-17)18-5-3-4-9-21-18/h6-7,11-12H,3-5,8-10,13-14H2,1-2H3. The van der Waals surface area contributed by atoms with Crippen molar-refractivity contribution >= 4 is 11.5 Å². The van der Waals surface area contributed by atoms with Crippen molar-refractivity contribution in [1.29, 1.82) is 0 Å². The average Bonchev–Trinajstić information content (AvgIpc) is 2.69. The molecule has 0 spiro atoms. The van der Waals surface area contributed by atoms with Gasteiger partial charge in [-0.25, -0.2) is 15.0 Å². The number of pyridine rings is 1. The number of hydrogen-bond donors (Lipinski definition) is 0. The molecule has 0 aromatic carbocycles. The van der Waals surface area contributed by atoms with Crippen LogP contribution in [-0.4, -0.2) is 52.7 Å². The Balaban J connectivity index is 1.43. The summed E-state index contributed by atoms with van der Waals surface area (Å²) in [5.41, 5.74) is 4.77. The molecule has 0 bridgehead atoms. The summed E-state index contributed by atoms with van der Waals surface area (Å²) < 4.78 is 0. The minimum Gasteiger partial charge on any atom is -0.363 e. The molecule has 136 valence electrons. The Morgan fingerprint density at radius 1 is 1.08 bits per heavy atom. The first-order valence-electron chi connectivity index (χ1n) is 9.42. The number of fused-ring (bicyclic) bond motifs is 1. The normalized spacial score (nSPS) is 17.5. The van der Waals surface area contributed by atoms with Gasteiger partial charge in [0.2, 0.25) is 0 Å². The maximum absolute atomic E-state index is 4.82. The van der Waals surface area contributed by atoms with Crippen LogP contribution in [0.4, 0.5) is 5.82 Å². The van der Waals surface area contributed by atoms with E-state index in [4.69, 9.17) is 4.98 Å². The van der Waals surface area contributed by atoms with E-state index < -0.39 is 0 Å². The van der Waals surface area contributed by atoms with Crippen LogP contribution in [0.2, 0.25) is 0 Å². The van der Waals surface area contributed by atoms with E-state index in [1.165, 1.54) is 29.7 Å². The molecule has 26 heavy (non-hydrogen) atoms. The Hall–Kier alpha value is -2.34. The fraction of sp³-hybridized carbons (Fsp3) is 0.500. The van der Waals surface area contributed by atoms with Gasteiger partial charge in [0.05, 0.1) is 11.4 Å². The van der Waals surface area contributed by atoms with E-state index in [1.807, 2.05) is 31.4 Å². The molecule has 0 fully saturated rings. The first-order valence-corrected chi connectivity index (χ1v) is 9.42. The molecule has 2 aromatic heterocycles. The second kappa shape index (κ2) is 7.50. The van der Waals surface area contributed by atoms with Crippen molar-refractivity contribution in [1.82, 2.24) is 19.9 Å². The van der Waals surface area contributed by atoms with Crippen LogP contribution in [0.5, 0.6) is 0 Å². The van der Waals surface area contributed by atoms with Crippen LogP contribution in [0.25, 0.3) is 0 Å². The molecule has 0 saturated carbocycles. The first-order chi connectivity index (χ1) is 12.7. The highest BCUT2D eigenvalue weighted by atomic mass is 15.1. The summed E-state index contributed by atoms with van der Waals surface area (Å²) in [4.78, 5) is 23.0. The van der Waals surface area contributed by atoms with E-state index in [0.29, 0.717) is 0 Å². The van der Waals surface area contributed by atoms with Gasteiger partial charge in [0.1, 0.15) is 5.82 Å². The lowest BCUT2D eigenvalue weighted by Gasteiger charge is -2.28. The lowest BCUT2D eigenvalue weighted by atomic mass is 10.0. The molecule has 0 unspecified atom stereocenters. The van der Waals surface area contributed by atoms with Crippen molar-refractivity contribution in [2.45, 2.75) is 38.8 Å². The SMILES string of the molecule is CN(C)c1ccc(CN2CCc3nc(C4=NCCCC4)ncc3C2)cn1. The Labute approximate surface area is 155 Å². The summed E-state index contributed by atoms with van der Waals surface area (Å²) in [7, 11) is 4.02. The number of nitrogens with zero attached hydrogens (tertiary/aromatic N) is 6. The summed E-state index contributed by atoms with van der Waals surface area (Å²) in [5.74, 6) is 1.84. The Bertz CT molecular complexity index is 796. The highest BCUT2D eigenvalue weighted by molar-refractivity contribution is 5.97. The minimum atomic E-state index is 0.848. The third-order valence-electron chi connectivity index (χ3n) is 5.07. The van der Waals surface area contributed by atoms with E-state index in [-0.39, 0.29) is 0 Å². The van der Waals surface area contributed by atoms with Crippen LogP contribution in [0, 0.1) is 0 Å². The smallest absolute Gasteiger partial charge is 0.173 e. The van der Waals surface area contributed by atoms with Gasteiger partial charge in [-0.05, 0) is 30.9 Å². The van der Waals surface area contributed by atoms with Gasteiger partial charge in [0.15, 0.2) is 5.82 Å². The summed E-state index contributed by atoms with van der Waals surface area (Å²) in [6.07, 6.45) is 8.36. The van der Waals surface area contributed by atoms with E-state index in [2.05, 4.69) is 32.0 Å². The second-order valence-electron chi connectivity index (χ2n) is 7.33. The molecule has 0 N–H and O–H groups in total. The van der Waals surface area contributed by atoms with Gasteiger partial charge < -0.3 is 4.90 Å². The van der Waals surface area contributed by atoms with Gasteiger partial charge in [-0.1, -0.05) is 6.07 Å². The molecule has 0 radical (unpaired) electrons. The number of anilines is 1. The fourth-order valence-electron chi connectivity index (χ4n) is 3.56. The first kappa shape index (κ1) is 17.1. The molecule has 4 rings (SSSR count). The molecule has 2 aliphatic rings. The molecule has 2 aliphatic heterocycles. The number of hydrogen-bond acceptors (Lipinski definition) is 6. The van der Waals surface area contributed by atoms with E-state index >= 15 is 0 Å². The summed E-state index contributed by atoms with van der Waals surface area (Å²) in [5, 5.41) is 0. The Morgan fingerprint density at radius 2 is 2.00 bits per heavy atom. The van der Waals surface area contributed by atoms with Crippen LogP contribution in [0.15, 0.2) is 29.5 Å². The van der Waals surface area contributed by atoms with Gasteiger partial charge in [-0.2, -0.15) is 0 Å². The average molecular weight is 350 g/mol. The number of aliphatic imine (C=N–C) groups is 1. The second-order valence-corrected chi connectivity index (χ2v) is 7.33. The molecule has 6 nitrogen and oxygen atoms in total. The zero-order valence-corrected chi connectivity index (χ0v) is 15.6. The van der Waals surface area contributed by atoms with Crippen LogP contribution < -0.4 is 4.90 Å². The zero-order chi connectivity index (χ0) is 17.9. The molecule has 0 atom stereocenters. The number of rotatable bonds is 4. The van der Waals surface area contributed by atoms with Crippen LogP contribution >= 0.6 is 0 Å². The summed E-state index contributed by atoms with van der Waals surface area (Å²) in [6.45, 7) is 3.75. The lowest BCUT2D eigenvalue weighted by Crippen LogP contribution is -2.31. The molecular weight excluding hydrogens is 324 g/mol. The van der Waals surface area contributed by atoms with Crippen molar-refractivity contribution in [3.05, 3.63) is 47.2 Å². The zero-order valence-electron chi connectivity index (χ0n) is 15.6. The molecule has 0 saturated heterocycles. The highest BCUT2D eigenvalue weighted by Gasteiger charge is 2.20. The van der Waals surface area contributed by atoms with Crippen LogP contribution in [0.1, 0.15) is 41.9 Å². The number of aromatic nitrogens is 3. The molecule has 2 aromatic rings. The quantitative estimate of drug-likeness (QED) is 0.848. The largest absolute Gasteiger partial charge is 0.363 e. The summed E-state index contributed by atoms with van der Waals surface area (Å²) >= 11 is 0. The topological polar surface area (TPSA) is 57.5 Å². The van der Waals surface area contributed by atoms with Crippen molar-refractivity contribution in [3.8, 4) is 0 Å². The van der Waals surface area contributed by atoms with Gasteiger partial charge >= 0.3 is 0 Å². The third kappa shape index (κ3) is 3.75. The molecule has 4 heterocycles. The van der Waals surface area contributed by atoms with Crippen LogP contribution in [0.3, 0.4) is 0 Å². The van der Waals surface area contributed by atoms with Crippen molar-refractivity contribution in [3.63, 3.8) is 0 Å². The molecule has 0 aliphatic carbocycles. The van der Waals surface area contributed by atoms with Gasteiger partial charge in [0, 0.05) is 64.7 Å². The van der Waals surface area contributed by atoms with E-state index in [9.17, 15) is 0 Å². The van der Waals surface area contributed by atoms with Gasteiger partial charge in [0.25, 0.3) is 0 Å². The summed E-state index contributed by atoms with van der Waals surface area (Å²) in [6, 6.07) is 4.24. The predicted octanol–water partition coefficient (Wildman–Crippen LogP) is 2.47. The Kier molecular flexibility index (Phi) is 4.93.